The van der Waals surface area contributed by atoms with Crippen LogP contribution in [0, 0.1) is 0 Å². The fourth-order valence-electron chi connectivity index (χ4n) is 2.21. The molecule has 0 N–H and O–H groups in total. The van der Waals surface area contributed by atoms with Gasteiger partial charge in [0.25, 0.3) is 0 Å². The molecule has 3 aromatic carbocycles. The van der Waals surface area contributed by atoms with E-state index in [0.29, 0.717) is 0 Å². The normalized spacial score (nSPS) is 9.50. The van der Waals surface area contributed by atoms with Crippen molar-refractivity contribution >= 4 is 39.8 Å². The summed E-state index contributed by atoms with van der Waals surface area (Å²) in [6.07, 6.45) is 0. The third-order valence-electron chi connectivity index (χ3n) is 3.12. The molecule has 0 heterocycles. The zero-order valence-electron chi connectivity index (χ0n) is 12.0. The van der Waals surface area contributed by atoms with Crippen LogP contribution in [-0.4, -0.2) is 6.79 Å². The molecule has 2 nitrogen and oxygen atoms in total. The van der Waals surface area contributed by atoms with E-state index in [4.69, 9.17) is 4.79 Å². The molecule has 0 spiro atoms. The lowest BCUT2D eigenvalue weighted by Gasteiger charge is -2.26. The van der Waals surface area contributed by atoms with Gasteiger partial charge < -0.3 is 9.69 Å². The van der Waals surface area contributed by atoms with E-state index in [9.17, 15) is 0 Å². The molecule has 0 aliphatic heterocycles. The number of hydrogen-bond acceptors (Lipinski definition) is 2. The van der Waals surface area contributed by atoms with Crippen LogP contribution in [-0.2, 0) is 4.79 Å². The third-order valence-corrected chi connectivity index (χ3v) is 3.79. The Morgan fingerprint density at radius 3 is 1.50 bits per heavy atom. The van der Waals surface area contributed by atoms with Crippen molar-refractivity contribution < 1.29 is 4.79 Å². The molecule has 110 valence electrons. The molecule has 0 unspecified atom stereocenters. The zero-order valence-corrected chi connectivity index (χ0v) is 13.6. The second-order valence-electron chi connectivity index (χ2n) is 4.46. The standard InChI is InChI=1S/C18H14BrN.CH2O/c19-17-13-7-8-14-18(17)20(15-9-3-1-4-10-15)16-11-5-2-6-12-16;1-2/h1-14H;1H2. The molecule has 0 bridgehead atoms. The zero-order chi connectivity index (χ0) is 15.8. The maximum absolute atomic E-state index is 8.00. The first-order valence-electron chi connectivity index (χ1n) is 6.80. The van der Waals surface area contributed by atoms with Crippen LogP contribution < -0.4 is 4.90 Å². The maximum atomic E-state index is 8.00. The van der Waals surface area contributed by atoms with Crippen molar-refractivity contribution in [3.63, 3.8) is 0 Å². The van der Waals surface area contributed by atoms with Crippen molar-refractivity contribution in [1.82, 2.24) is 0 Å². The first kappa shape index (κ1) is 16.0. The van der Waals surface area contributed by atoms with Gasteiger partial charge in [-0.25, -0.2) is 0 Å². The monoisotopic (exact) mass is 353 g/mol. The van der Waals surface area contributed by atoms with Crippen LogP contribution in [0.4, 0.5) is 17.1 Å². The van der Waals surface area contributed by atoms with Gasteiger partial charge in [-0.2, -0.15) is 0 Å². The van der Waals surface area contributed by atoms with E-state index >= 15 is 0 Å². The molecule has 0 amide bonds. The Morgan fingerprint density at radius 1 is 0.636 bits per heavy atom. The highest BCUT2D eigenvalue weighted by atomic mass is 79.9. The molecule has 3 rings (SSSR count). The number of hydrogen-bond donors (Lipinski definition) is 0. The van der Waals surface area contributed by atoms with Crippen molar-refractivity contribution in [1.29, 1.82) is 0 Å². The summed E-state index contributed by atoms with van der Waals surface area (Å²) in [6.45, 7) is 2.00. The molecule has 0 saturated heterocycles. The Bertz CT molecular complexity index is 661. The number of anilines is 3. The molecule has 0 aliphatic rings. The molecular formula is C19H16BrNO. The second kappa shape index (κ2) is 8.15. The lowest BCUT2D eigenvalue weighted by molar-refractivity contribution is -0.0979. The first-order chi connectivity index (χ1) is 10.9. The topological polar surface area (TPSA) is 20.3 Å². The van der Waals surface area contributed by atoms with E-state index in [2.05, 4.69) is 87.6 Å². The Balaban J connectivity index is 0.000000847. The van der Waals surface area contributed by atoms with Crippen LogP contribution in [0.15, 0.2) is 89.4 Å². The van der Waals surface area contributed by atoms with Crippen molar-refractivity contribution in [3.8, 4) is 0 Å². The average molecular weight is 354 g/mol. The quantitative estimate of drug-likeness (QED) is 0.598. The first-order valence-corrected chi connectivity index (χ1v) is 7.59. The summed E-state index contributed by atoms with van der Waals surface area (Å²) in [4.78, 5) is 10.2. The Kier molecular flexibility index (Phi) is 5.92. The van der Waals surface area contributed by atoms with E-state index in [1.807, 2.05) is 25.0 Å². The molecule has 0 aromatic heterocycles. The lowest BCUT2D eigenvalue weighted by atomic mass is 10.2. The number of benzene rings is 3. The predicted octanol–water partition coefficient (Wildman–Crippen LogP) is 5.73. The highest BCUT2D eigenvalue weighted by Gasteiger charge is 2.13. The van der Waals surface area contributed by atoms with Gasteiger partial charge in [-0.1, -0.05) is 48.5 Å². The molecule has 0 radical (unpaired) electrons. The fourth-order valence-corrected chi connectivity index (χ4v) is 2.68. The van der Waals surface area contributed by atoms with Crippen LogP contribution in [0.2, 0.25) is 0 Å². The SMILES string of the molecule is Brc1ccccc1N(c1ccccc1)c1ccccc1.C=O. The second-order valence-corrected chi connectivity index (χ2v) is 5.31. The molecule has 0 aliphatic carbocycles. The third kappa shape index (κ3) is 3.62. The summed E-state index contributed by atoms with van der Waals surface area (Å²) < 4.78 is 1.08. The van der Waals surface area contributed by atoms with Crippen LogP contribution in [0.25, 0.3) is 0 Å². The summed E-state index contributed by atoms with van der Waals surface area (Å²) in [6, 6.07) is 29.0. The highest BCUT2D eigenvalue weighted by molar-refractivity contribution is 9.10. The van der Waals surface area contributed by atoms with Crippen molar-refractivity contribution in [3.05, 3.63) is 89.4 Å². The van der Waals surface area contributed by atoms with Crippen molar-refractivity contribution in [2.24, 2.45) is 0 Å². The average Bonchev–Trinajstić information content (AvgIpc) is 2.61. The van der Waals surface area contributed by atoms with Gasteiger partial charge in [-0.3, -0.25) is 0 Å². The minimum atomic E-state index is 1.08. The number of rotatable bonds is 3. The van der Waals surface area contributed by atoms with Gasteiger partial charge in [-0.15, -0.1) is 0 Å². The molecular weight excluding hydrogens is 338 g/mol. The van der Waals surface area contributed by atoms with Crippen molar-refractivity contribution in [2.75, 3.05) is 4.90 Å². The molecule has 0 fully saturated rings. The van der Waals surface area contributed by atoms with E-state index in [0.717, 1.165) is 21.5 Å². The van der Waals surface area contributed by atoms with E-state index in [-0.39, 0.29) is 0 Å². The van der Waals surface area contributed by atoms with Crippen LogP contribution in [0.5, 0.6) is 0 Å². The highest BCUT2D eigenvalue weighted by Crippen LogP contribution is 2.38. The molecule has 0 atom stereocenters. The predicted molar refractivity (Wildman–Crippen MR) is 95.9 cm³/mol. The summed E-state index contributed by atoms with van der Waals surface area (Å²) in [5.41, 5.74) is 3.42. The summed E-state index contributed by atoms with van der Waals surface area (Å²) >= 11 is 3.65. The minimum Gasteiger partial charge on any atom is -0.309 e. The summed E-state index contributed by atoms with van der Waals surface area (Å²) in [7, 11) is 0. The van der Waals surface area contributed by atoms with Gasteiger partial charge in [0, 0.05) is 15.8 Å². The smallest absolute Gasteiger partial charge is 0.106 e. The summed E-state index contributed by atoms with van der Waals surface area (Å²) in [5.74, 6) is 0. The van der Waals surface area contributed by atoms with Gasteiger partial charge in [0.2, 0.25) is 0 Å². The number of carbonyl (C=O) groups is 1. The van der Waals surface area contributed by atoms with Crippen LogP contribution >= 0.6 is 15.9 Å². The van der Waals surface area contributed by atoms with Crippen LogP contribution in [0.3, 0.4) is 0 Å². The Hall–Kier alpha value is -2.39. The number of carbonyl (C=O) groups excluding carboxylic acids is 1. The fraction of sp³-hybridized carbons (Fsp3) is 0. The Labute approximate surface area is 139 Å². The van der Waals surface area contributed by atoms with Gasteiger partial charge >= 0.3 is 0 Å². The van der Waals surface area contributed by atoms with Gasteiger partial charge in [0.1, 0.15) is 6.79 Å². The van der Waals surface area contributed by atoms with E-state index < -0.39 is 0 Å². The lowest BCUT2D eigenvalue weighted by Crippen LogP contribution is -2.10. The van der Waals surface area contributed by atoms with Gasteiger partial charge in [0.05, 0.1) is 5.69 Å². The molecule has 3 heteroatoms. The molecule has 22 heavy (non-hydrogen) atoms. The van der Waals surface area contributed by atoms with Crippen LogP contribution in [0.1, 0.15) is 0 Å². The minimum absolute atomic E-state index is 1.08. The number of nitrogens with zero attached hydrogens (tertiary/aromatic N) is 1. The van der Waals surface area contributed by atoms with Crippen molar-refractivity contribution in [2.45, 2.75) is 0 Å². The number of para-hydroxylation sites is 3. The van der Waals surface area contributed by atoms with E-state index in [1.165, 1.54) is 0 Å². The Morgan fingerprint density at radius 2 is 1.05 bits per heavy atom. The van der Waals surface area contributed by atoms with E-state index in [1.54, 1.807) is 0 Å². The maximum Gasteiger partial charge on any atom is 0.106 e. The number of halogens is 1. The summed E-state index contributed by atoms with van der Waals surface area (Å²) in [5, 5.41) is 0. The van der Waals surface area contributed by atoms with Gasteiger partial charge in [0.15, 0.2) is 0 Å². The largest absolute Gasteiger partial charge is 0.309 e. The molecule has 3 aromatic rings. The van der Waals surface area contributed by atoms with Gasteiger partial charge in [-0.05, 0) is 52.3 Å². The molecule has 0 saturated carbocycles.